The first-order valence-corrected chi connectivity index (χ1v) is 10.3. The fourth-order valence-electron chi connectivity index (χ4n) is 2.82. The van der Waals surface area contributed by atoms with Crippen molar-refractivity contribution in [1.82, 2.24) is 0 Å². The summed E-state index contributed by atoms with van der Waals surface area (Å²) in [6.45, 7) is 0. The summed E-state index contributed by atoms with van der Waals surface area (Å²) in [7, 11) is 0. The Bertz CT molecular complexity index is 1170. The zero-order chi connectivity index (χ0) is 22.2. The average molecular weight is 482 g/mol. The number of hydrogen-bond donors (Lipinski definition) is 0. The molecule has 0 N–H and O–H groups in total. The first-order chi connectivity index (χ1) is 14.7. The van der Waals surface area contributed by atoms with Gasteiger partial charge in [0, 0.05) is 16.7 Å². The molecule has 0 unspecified atom stereocenters. The highest BCUT2D eigenvalue weighted by molar-refractivity contribution is 8.27. The van der Waals surface area contributed by atoms with E-state index in [1.165, 1.54) is 29.2 Å². The average Bonchev–Trinajstić information content (AvgIpc) is 3.27. The highest BCUT2D eigenvalue weighted by atomic mass is 35.5. The van der Waals surface area contributed by atoms with Crippen LogP contribution in [0.5, 0.6) is 5.75 Å². The lowest BCUT2D eigenvalue weighted by Gasteiger charge is -2.14. The van der Waals surface area contributed by atoms with E-state index >= 15 is 0 Å². The molecule has 2 aromatic carbocycles. The van der Waals surface area contributed by atoms with E-state index in [1.807, 2.05) is 0 Å². The minimum atomic E-state index is -4.75. The van der Waals surface area contributed by atoms with Gasteiger partial charge in [-0.25, -0.2) is 0 Å². The Kier molecular flexibility index (Phi) is 5.83. The molecule has 0 atom stereocenters. The number of furan rings is 1. The van der Waals surface area contributed by atoms with Crippen LogP contribution in [-0.2, 0) is 4.79 Å². The molecular weight excluding hydrogens is 471 g/mol. The lowest BCUT2D eigenvalue weighted by Crippen LogP contribution is -2.27. The molecule has 0 bridgehead atoms. The molecule has 1 fully saturated rings. The van der Waals surface area contributed by atoms with Crippen LogP contribution in [0.1, 0.15) is 5.76 Å². The lowest BCUT2D eigenvalue weighted by atomic mass is 10.2. The predicted octanol–water partition coefficient (Wildman–Crippen LogP) is 6.90. The number of nitrogens with zero attached hydrogens (tertiary/aromatic N) is 1. The van der Waals surface area contributed by atoms with Gasteiger partial charge in [-0.05, 0) is 60.7 Å². The molecule has 3 aromatic rings. The monoisotopic (exact) mass is 481 g/mol. The van der Waals surface area contributed by atoms with E-state index in [0.29, 0.717) is 37.0 Å². The summed E-state index contributed by atoms with van der Waals surface area (Å²) in [5.74, 6) is 0.220. The standard InChI is InChI=1S/C21H11ClF3NO3S2/c22-13-3-5-14(6-4-13)26-19(27)18(31-20(26)30)11-16-9-10-17(28-16)12-1-7-15(8-2-12)29-21(23,24)25/h1-11H/b18-11+. The van der Waals surface area contributed by atoms with E-state index < -0.39 is 6.36 Å². The summed E-state index contributed by atoms with van der Waals surface area (Å²) < 4.78 is 46.8. The predicted molar refractivity (Wildman–Crippen MR) is 118 cm³/mol. The number of amides is 1. The Balaban J connectivity index is 1.52. The summed E-state index contributed by atoms with van der Waals surface area (Å²) >= 11 is 12.4. The molecule has 1 saturated heterocycles. The zero-order valence-electron chi connectivity index (χ0n) is 15.4. The minimum absolute atomic E-state index is 0.288. The number of carbonyl (C=O) groups is 1. The highest BCUT2D eigenvalue weighted by Crippen LogP contribution is 2.37. The van der Waals surface area contributed by atoms with Crippen LogP contribution in [0.2, 0.25) is 5.02 Å². The first kappa shape index (κ1) is 21.5. The molecule has 1 aromatic heterocycles. The van der Waals surface area contributed by atoms with Gasteiger partial charge in [-0.3, -0.25) is 9.69 Å². The van der Waals surface area contributed by atoms with Gasteiger partial charge in [0.05, 0.1) is 10.6 Å². The van der Waals surface area contributed by atoms with E-state index in [-0.39, 0.29) is 11.7 Å². The molecule has 0 aliphatic carbocycles. The Hall–Kier alpha value is -2.75. The van der Waals surface area contributed by atoms with Gasteiger partial charge in [-0.1, -0.05) is 35.6 Å². The molecule has 31 heavy (non-hydrogen) atoms. The molecule has 1 aliphatic rings. The second-order valence-electron chi connectivity index (χ2n) is 6.27. The van der Waals surface area contributed by atoms with Crippen LogP contribution in [0, 0.1) is 0 Å². The zero-order valence-corrected chi connectivity index (χ0v) is 17.7. The summed E-state index contributed by atoms with van der Waals surface area (Å²) in [6, 6.07) is 15.3. The molecule has 2 heterocycles. The van der Waals surface area contributed by atoms with Crippen molar-refractivity contribution in [2.45, 2.75) is 6.36 Å². The quantitative estimate of drug-likeness (QED) is 0.299. The Labute approximate surface area is 189 Å². The number of thioether (sulfide) groups is 1. The normalized spacial score (nSPS) is 15.7. The molecule has 1 aliphatic heterocycles. The van der Waals surface area contributed by atoms with E-state index in [0.717, 1.165) is 11.8 Å². The summed E-state index contributed by atoms with van der Waals surface area (Å²) in [5, 5.41) is 0.547. The van der Waals surface area contributed by atoms with E-state index in [9.17, 15) is 18.0 Å². The SMILES string of the molecule is O=C1/C(=C\c2ccc(-c3ccc(OC(F)(F)F)cc3)o2)SC(=S)N1c1ccc(Cl)cc1. The Morgan fingerprint density at radius 3 is 2.35 bits per heavy atom. The van der Waals surface area contributed by atoms with Crippen molar-refractivity contribution in [1.29, 1.82) is 0 Å². The van der Waals surface area contributed by atoms with Gasteiger partial charge >= 0.3 is 6.36 Å². The molecule has 158 valence electrons. The smallest absolute Gasteiger partial charge is 0.457 e. The number of alkyl halides is 3. The van der Waals surface area contributed by atoms with Crippen LogP contribution >= 0.6 is 35.6 Å². The number of rotatable bonds is 4. The molecule has 0 radical (unpaired) electrons. The Morgan fingerprint density at radius 1 is 1.03 bits per heavy atom. The molecule has 10 heteroatoms. The number of hydrogen-bond acceptors (Lipinski definition) is 5. The molecule has 0 spiro atoms. The topological polar surface area (TPSA) is 42.7 Å². The van der Waals surface area contributed by atoms with Crippen LogP contribution < -0.4 is 9.64 Å². The van der Waals surface area contributed by atoms with Gasteiger partial charge in [-0.2, -0.15) is 0 Å². The molecule has 0 saturated carbocycles. The van der Waals surface area contributed by atoms with E-state index in [1.54, 1.807) is 42.5 Å². The Morgan fingerprint density at radius 2 is 1.71 bits per heavy atom. The van der Waals surface area contributed by atoms with Gasteiger partial charge in [-0.15, -0.1) is 13.2 Å². The van der Waals surface area contributed by atoms with Gasteiger partial charge in [0.25, 0.3) is 5.91 Å². The van der Waals surface area contributed by atoms with Crippen molar-refractivity contribution in [3.8, 4) is 17.1 Å². The minimum Gasteiger partial charge on any atom is -0.457 e. The number of halogens is 4. The molecule has 4 nitrogen and oxygen atoms in total. The number of anilines is 1. The molecule has 1 amide bonds. The number of carbonyl (C=O) groups excluding carboxylic acids is 1. The fraction of sp³-hybridized carbons (Fsp3) is 0.0476. The van der Waals surface area contributed by atoms with Crippen LogP contribution in [0.15, 0.2) is 70.0 Å². The van der Waals surface area contributed by atoms with Crippen LogP contribution in [0.25, 0.3) is 17.4 Å². The van der Waals surface area contributed by atoms with Crippen LogP contribution in [-0.4, -0.2) is 16.6 Å². The summed E-state index contributed by atoms with van der Waals surface area (Å²) in [5.41, 5.74) is 1.17. The fourth-order valence-corrected chi connectivity index (χ4v) is 4.22. The summed E-state index contributed by atoms with van der Waals surface area (Å²) in [4.78, 5) is 14.6. The van der Waals surface area contributed by atoms with E-state index in [4.69, 9.17) is 28.2 Å². The van der Waals surface area contributed by atoms with Crippen molar-refractivity contribution >= 4 is 57.6 Å². The van der Waals surface area contributed by atoms with Gasteiger partial charge < -0.3 is 9.15 Å². The van der Waals surface area contributed by atoms with Gasteiger partial charge in [0.2, 0.25) is 0 Å². The third-order valence-electron chi connectivity index (χ3n) is 4.15. The maximum atomic E-state index is 12.8. The number of benzene rings is 2. The third kappa shape index (κ3) is 4.95. The largest absolute Gasteiger partial charge is 0.573 e. The van der Waals surface area contributed by atoms with E-state index in [2.05, 4.69) is 4.74 Å². The van der Waals surface area contributed by atoms with Crippen molar-refractivity contribution in [3.63, 3.8) is 0 Å². The second kappa shape index (κ2) is 8.41. The molecular formula is C21H11ClF3NO3S2. The lowest BCUT2D eigenvalue weighted by molar-refractivity contribution is -0.274. The van der Waals surface area contributed by atoms with Gasteiger partial charge in [0.15, 0.2) is 4.32 Å². The highest BCUT2D eigenvalue weighted by Gasteiger charge is 2.33. The number of ether oxygens (including phenoxy) is 1. The van der Waals surface area contributed by atoms with Crippen molar-refractivity contribution in [2.75, 3.05) is 4.90 Å². The number of thiocarbonyl (C=S) groups is 1. The van der Waals surface area contributed by atoms with Crippen molar-refractivity contribution < 1.29 is 27.1 Å². The summed E-state index contributed by atoms with van der Waals surface area (Å²) in [6.07, 6.45) is -3.18. The first-order valence-electron chi connectivity index (χ1n) is 8.69. The third-order valence-corrected chi connectivity index (χ3v) is 5.71. The van der Waals surface area contributed by atoms with Gasteiger partial charge in [0.1, 0.15) is 17.3 Å². The maximum Gasteiger partial charge on any atom is 0.573 e. The van der Waals surface area contributed by atoms with Crippen LogP contribution in [0.3, 0.4) is 0 Å². The molecule has 4 rings (SSSR count). The second-order valence-corrected chi connectivity index (χ2v) is 8.38. The van der Waals surface area contributed by atoms with Crippen molar-refractivity contribution in [3.05, 3.63) is 76.4 Å². The van der Waals surface area contributed by atoms with Crippen LogP contribution in [0.4, 0.5) is 18.9 Å². The maximum absolute atomic E-state index is 12.8. The van der Waals surface area contributed by atoms with Crippen molar-refractivity contribution in [2.24, 2.45) is 0 Å².